The van der Waals surface area contributed by atoms with Crippen LogP contribution < -0.4 is 5.32 Å². The lowest BCUT2D eigenvalue weighted by Gasteiger charge is -2.09. The van der Waals surface area contributed by atoms with Crippen LogP contribution in [0.25, 0.3) is 10.9 Å². The van der Waals surface area contributed by atoms with E-state index in [9.17, 15) is 27.9 Å². The summed E-state index contributed by atoms with van der Waals surface area (Å²) >= 11 is 7.50. The van der Waals surface area contributed by atoms with Crippen LogP contribution in [0.2, 0.25) is 5.02 Å². The molecule has 4 aromatic rings. The van der Waals surface area contributed by atoms with Gasteiger partial charge >= 0.3 is 18.2 Å². The average Bonchev–Trinajstić information content (AvgIpc) is 3.20. The van der Waals surface area contributed by atoms with Gasteiger partial charge in [0.05, 0.1) is 27.4 Å². The van der Waals surface area contributed by atoms with Crippen molar-refractivity contribution in [2.45, 2.75) is 43.8 Å². The number of aromatic nitrogens is 1. The van der Waals surface area contributed by atoms with Crippen molar-refractivity contribution in [3.05, 3.63) is 82.4 Å². The van der Waals surface area contributed by atoms with Crippen molar-refractivity contribution in [1.29, 1.82) is 0 Å². The standard InChI is InChI=1S/C29H26ClF3N4O4S/c1-2-13-37-24-12-10-20(42-14-3-4-17-5-7-18(8-6-17)27(39)40)16-21(24)25(26(37)38)35-36-28(41)34-23-11-9-19(15-22(23)30)29(31,32)33/h5-12,15-16,38H,2-4,13-14H2,1H3,(H,34,41)(H,39,40). The number of urea groups is 1. The van der Waals surface area contributed by atoms with E-state index in [4.69, 9.17) is 16.7 Å². The summed E-state index contributed by atoms with van der Waals surface area (Å²) in [7, 11) is 0. The maximum absolute atomic E-state index is 12.9. The first-order valence-corrected chi connectivity index (χ1v) is 14.2. The van der Waals surface area contributed by atoms with Crippen molar-refractivity contribution < 1.29 is 33.0 Å². The summed E-state index contributed by atoms with van der Waals surface area (Å²) in [5.74, 6) is -0.349. The molecule has 0 aliphatic carbocycles. The molecule has 0 radical (unpaired) electrons. The summed E-state index contributed by atoms with van der Waals surface area (Å²) in [4.78, 5) is 24.4. The Morgan fingerprint density at radius 3 is 2.45 bits per heavy atom. The number of nitrogens with one attached hydrogen (secondary N) is 1. The molecule has 0 atom stereocenters. The van der Waals surface area contributed by atoms with Crippen molar-refractivity contribution in [3.8, 4) is 5.88 Å². The van der Waals surface area contributed by atoms with Crippen molar-refractivity contribution in [1.82, 2.24) is 4.57 Å². The number of aromatic carboxylic acids is 1. The number of carboxylic acid groups (broad SMARTS) is 1. The zero-order chi connectivity index (χ0) is 30.4. The number of carbonyl (C=O) groups is 2. The third-order valence-electron chi connectivity index (χ3n) is 6.29. The van der Waals surface area contributed by atoms with Crippen LogP contribution in [0.4, 0.5) is 29.3 Å². The fraction of sp³-hybridized carbons (Fsp3) is 0.241. The number of aryl methyl sites for hydroxylation is 2. The number of azo groups is 1. The minimum atomic E-state index is -4.58. The monoisotopic (exact) mass is 618 g/mol. The van der Waals surface area contributed by atoms with E-state index in [1.54, 1.807) is 40.6 Å². The molecule has 220 valence electrons. The van der Waals surface area contributed by atoms with Gasteiger partial charge in [-0.2, -0.15) is 13.2 Å². The van der Waals surface area contributed by atoms with Crippen LogP contribution in [-0.4, -0.2) is 32.5 Å². The number of carbonyl (C=O) groups excluding carboxylic acids is 1. The van der Waals surface area contributed by atoms with Gasteiger partial charge in [0.1, 0.15) is 0 Å². The van der Waals surface area contributed by atoms with Gasteiger partial charge in [-0.25, -0.2) is 9.59 Å². The quantitative estimate of drug-likeness (QED) is 0.0931. The predicted molar refractivity (Wildman–Crippen MR) is 156 cm³/mol. The summed E-state index contributed by atoms with van der Waals surface area (Å²) in [5, 5.41) is 30.1. The fourth-order valence-electron chi connectivity index (χ4n) is 4.25. The number of nitrogens with zero attached hydrogens (tertiary/aromatic N) is 3. The van der Waals surface area contributed by atoms with Crippen molar-refractivity contribution in [2.75, 3.05) is 11.1 Å². The van der Waals surface area contributed by atoms with E-state index in [1.807, 2.05) is 25.1 Å². The molecular formula is C29H26ClF3N4O4S. The molecule has 0 saturated carbocycles. The molecule has 2 amide bonds. The lowest BCUT2D eigenvalue weighted by Crippen LogP contribution is -2.08. The summed E-state index contributed by atoms with van der Waals surface area (Å²) < 4.78 is 40.3. The van der Waals surface area contributed by atoms with E-state index < -0.39 is 23.7 Å². The first-order chi connectivity index (χ1) is 20.0. The first-order valence-electron chi connectivity index (χ1n) is 12.9. The van der Waals surface area contributed by atoms with E-state index in [-0.39, 0.29) is 27.8 Å². The van der Waals surface area contributed by atoms with Crippen LogP contribution in [-0.2, 0) is 19.1 Å². The average molecular weight is 619 g/mol. The molecule has 0 unspecified atom stereocenters. The molecule has 1 heterocycles. The number of fused-ring (bicyclic) bond motifs is 1. The molecule has 1 aromatic heterocycles. The highest BCUT2D eigenvalue weighted by Gasteiger charge is 2.31. The highest BCUT2D eigenvalue weighted by molar-refractivity contribution is 7.99. The predicted octanol–water partition coefficient (Wildman–Crippen LogP) is 9.17. The summed E-state index contributed by atoms with van der Waals surface area (Å²) in [6.45, 7) is 2.45. The van der Waals surface area contributed by atoms with Gasteiger partial charge in [0, 0.05) is 16.8 Å². The lowest BCUT2D eigenvalue weighted by atomic mass is 10.1. The number of rotatable bonds is 10. The molecule has 3 N–H and O–H groups in total. The minimum absolute atomic E-state index is 0.0669. The van der Waals surface area contributed by atoms with Gasteiger partial charge in [-0.3, -0.25) is 0 Å². The molecule has 0 bridgehead atoms. The number of benzene rings is 3. The Hall–Kier alpha value is -4.03. The molecule has 8 nitrogen and oxygen atoms in total. The molecule has 0 aliphatic rings. The highest BCUT2D eigenvalue weighted by atomic mass is 35.5. The molecule has 42 heavy (non-hydrogen) atoms. The van der Waals surface area contributed by atoms with E-state index in [2.05, 4.69) is 15.5 Å². The van der Waals surface area contributed by atoms with Crippen LogP contribution in [0.5, 0.6) is 5.88 Å². The van der Waals surface area contributed by atoms with Crippen LogP contribution in [0.1, 0.15) is 41.3 Å². The van der Waals surface area contributed by atoms with Crippen LogP contribution in [0, 0.1) is 0 Å². The number of thioether (sulfide) groups is 1. The molecule has 0 aliphatic heterocycles. The van der Waals surface area contributed by atoms with E-state index >= 15 is 0 Å². The number of carboxylic acids is 1. The van der Waals surface area contributed by atoms with Crippen LogP contribution >= 0.6 is 23.4 Å². The van der Waals surface area contributed by atoms with Gasteiger partial charge in [0.25, 0.3) is 0 Å². The summed E-state index contributed by atoms with van der Waals surface area (Å²) in [5.41, 5.74) is 1.06. The lowest BCUT2D eigenvalue weighted by molar-refractivity contribution is -0.137. The molecule has 13 heteroatoms. The Bertz CT molecular complexity index is 1640. The Kier molecular flexibility index (Phi) is 9.79. The maximum Gasteiger partial charge on any atom is 0.416 e. The zero-order valence-corrected chi connectivity index (χ0v) is 23.9. The van der Waals surface area contributed by atoms with Gasteiger partial charge in [-0.15, -0.1) is 16.9 Å². The number of amides is 2. The summed E-state index contributed by atoms with van der Waals surface area (Å²) in [6, 6.07) is 14.0. The Balaban J connectivity index is 1.47. The Labute approximate surface area is 248 Å². The summed E-state index contributed by atoms with van der Waals surface area (Å²) in [6.07, 6.45) is -2.23. The third-order valence-corrected chi connectivity index (χ3v) is 7.68. The molecule has 0 spiro atoms. The van der Waals surface area contributed by atoms with Crippen molar-refractivity contribution >= 4 is 57.6 Å². The molecule has 0 saturated heterocycles. The second-order valence-electron chi connectivity index (χ2n) is 9.28. The van der Waals surface area contributed by atoms with Crippen LogP contribution in [0.3, 0.4) is 0 Å². The number of hydrogen-bond donors (Lipinski definition) is 3. The smallest absolute Gasteiger partial charge is 0.416 e. The zero-order valence-electron chi connectivity index (χ0n) is 22.3. The third kappa shape index (κ3) is 7.42. The van der Waals surface area contributed by atoms with Crippen molar-refractivity contribution in [2.24, 2.45) is 10.2 Å². The van der Waals surface area contributed by atoms with Gasteiger partial charge in [-0.1, -0.05) is 35.8 Å². The Morgan fingerprint density at radius 1 is 1.07 bits per heavy atom. The maximum atomic E-state index is 12.9. The van der Waals surface area contributed by atoms with Gasteiger partial charge in [-0.05, 0) is 79.1 Å². The second-order valence-corrected chi connectivity index (χ2v) is 10.9. The molecule has 3 aromatic carbocycles. The minimum Gasteiger partial charge on any atom is -0.493 e. The largest absolute Gasteiger partial charge is 0.493 e. The first kappa shape index (κ1) is 30.9. The Morgan fingerprint density at radius 2 is 1.81 bits per heavy atom. The fourth-order valence-corrected chi connectivity index (χ4v) is 5.37. The van der Waals surface area contributed by atoms with Crippen molar-refractivity contribution in [3.63, 3.8) is 0 Å². The number of hydrogen-bond acceptors (Lipinski definition) is 5. The molecule has 0 fully saturated rings. The number of alkyl halides is 3. The molecular weight excluding hydrogens is 593 g/mol. The van der Waals surface area contributed by atoms with Gasteiger partial charge in [0.15, 0.2) is 5.69 Å². The normalized spacial score (nSPS) is 11.8. The second kappa shape index (κ2) is 13.3. The van der Waals surface area contributed by atoms with E-state index in [0.29, 0.717) is 23.5 Å². The van der Waals surface area contributed by atoms with Crippen LogP contribution in [0.15, 0.2) is 75.8 Å². The highest BCUT2D eigenvalue weighted by Crippen LogP contribution is 2.41. The van der Waals surface area contributed by atoms with Gasteiger partial charge < -0.3 is 20.1 Å². The number of halogens is 4. The number of aromatic hydroxyl groups is 1. The van der Waals surface area contributed by atoms with Gasteiger partial charge in [0.2, 0.25) is 5.88 Å². The molecule has 4 rings (SSSR count). The number of anilines is 1. The van der Waals surface area contributed by atoms with E-state index in [0.717, 1.165) is 47.6 Å². The topological polar surface area (TPSA) is 116 Å². The SMILES string of the molecule is CCCn1c(O)c(N=NC(=O)Nc2ccc(C(F)(F)F)cc2Cl)c2cc(SCCCc3ccc(C(=O)O)cc3)ccc21. The van der Waals surface area contributed by atoms with E-state index in [1.165, 1.54) is 0 Å².